The molecule has 0 unspecified atom stereocenters. The summed E-state index contributed by atoms with van der Waals surface area (Å²) < 4.78 is 31.3. The molecule has 0 amide bonds. The minimum absolute atomic E-state index is 0.330. The van der Waals surface area contributed by atoms with Gasteiger partial charge in [-0.05, 0) is 18.8 Å². The van der Waals surface area contributed by atoms with Gasteiger partial charge in [0.15, 0.2) is 15.8 Å². The Kier molecular flexibility index (Phi) is 6.91. The average Bonchev–Trinajstić information content (AvgIpc) is 2.96. The molecule has 0 saturated carbocycles. The van der Waals surface area contributed by atoms with Gasteiger partial charge in [0.25, 0.3) is 0 Å². The molecule has 1 aliphatic heterocycles. The molecule has 0 aliphatic carbocycles. The summed E-state index contributed by atoms with van der Waals surface area (Å²) in [5.41, 5.74) is 2.21. The normalized spacial score (nSPS) is 18.0. The summed E-state index contributed by atoms with van der Waals surface area (Å²) in [4.78, 5) is 6.34. The maximum atomic E-state index is 12.4. The molecule has 1 saturated heterocycles. The van der Waals surface area contributed by atoms with Gasteiger partial charge in [-0.15, -0.1) is 0 Å². The van der Waals surface area contributed by atoms with Crippen molar-refractivity contribution in [2.24, 2.45) is 12.0 Å². The first-order valence-electron chi connectivity index (χ1n) is 9.31. The number of hydrogen-bond acceptors (Lipinski definition) is 5. The van der Waals surface area contributed by atoms with Crippen LogP contribution in [0.2, 0.25) is 0 Å². The largest absolute Gasteiger partial charge is 0.381 e. The van der Waals surface area contributed by atoms with E-state index in [9.17, 15) is 8.42 Å². The second kappa shape index (κ2) is 8.60. The van der Waals surface area contributed by atoms with Gasteiger partial charge in [-0.1, -0.05) is 13.8 Å². The van der Waals surface area contributed by atoms with E-state index in [0.717, 1.165) is 11.3 Å². The van der Waals surface area contributed by atoms with Crippen LogP contribution in [-0.4, -0.2) is 73.9 Å². The minimum Gasteiger partial charge on any atom is -0.381 e. The summed E-state index contributed by atoms with van der Waals surface area (Å²) >= 11 is 0. The highest BCUT2D eigenvalue weighted by atomic mass is 32.2. The number of aliphatic imine (C=N–C) groups is 1. The van der Waals surface area contributed by atoms with Crippen LogP contribution in [0.15, 0.2) is 11.2 Å². The van der Waals surface area contributed by atoms with E-state index in [1.807, 2.05) is 29.9 Å². The second-order valence-corrected chi connectivity index (χ2v) is 10.1. The van der Waals surface area contributed by atoms with Crippen molar-refractivity contribution in [3.8, 4) is 0 Å². The van der Waals surface area contributed by atoms with E-state index < -0.39 is 14.6 Å². The summed E-state index contributed by atoms with van der Waals surface area (Å²) in [6, 6.07) is 0. The van der Waals surface area contributed by atoms with Crippen LogP contribution in [0.1, 0.15) is 43.9 Å². The molecule has 154 valence electrons. The smallest absolute Gasteiger partial charge is 0.193 e. The van der Waals surface area contributed by atoms with Crippen LogP contribution < -0.4 is 5.32 Å². The monoisotopic (exact) mass is 399 g/mol. The van der Waals surface area contributed by atoms with Gasteiger partial charge in [0, 0.05) is 65.5 Å². The number of hydrogen-bond donors (Lipinski definition) is 1. The lowest BCUT2D eigenvalue weighted by Crippen LogP contribution is -2.53. The Morgan fingerprint density at radius 1 is 1.44 bits per heavy atom. The van der Waals surface area contributed by atoms with Gasteiger partial charge in [0.2, 0.25) is 0 Å². The molecule has 0 aromatic carbocycles. The lowest BCUT2D eigenvalue weighted by atomic mass is 9.99. The molecule has 9 heteroatoms. The van der Waals surface area contributed by atoms with Crippen LogP contribution >= 0.6 is 0 Å². The van der Waals surface area contributed by atoms with E-state index in [-0.39, 0.29) is 0 Å². The van der Waals surface area contributed by atoms with E-state index in [2.05, 4.69) is 29.3 Å². The minimum atomic E-state index is -3.22. The lowest BCUT2D eigenvalue weighted by molar-refractivity contribution is 0.0755. The third kappa shape index (κ3) is 5.01. The van der Waals surface area contributed by atoms with Crippen molar-refractivity contribution in [3.63, 3.8) is 0 Å². The molecule has 1 N–H and O–H groups in total. The average molecular weight is 400 g/mol. The first kappa shape index (κ1) is 21.7. The molecule has 1 aliphatic rings. The highest BCUT2D eigenvalue weighted by Gasteiger charge is 2.42. The Hall–Kier alpha value is -1.61. The highest BCUT2D eigenvalue weighted by Crippen LogP contribution is 2.28. The fraction of sp³-hybridized carbons (Fsp3) is 0.778. The molecule has 0 spiro atoms. The fourth-order valence-corrected chi connectivity index (χ4v) is 4.78. The van der Waals surface area contributed by atoms with Crippen LogP contribution in [0.3, 0.4) is 0 Å². The van der Waals surface area contributed by atoms with E-state index in [4.69, 9.17) is 4.74 Å². The summed E-state index contributed by atoms with van der Waals surface area (Å²) in [5.74, 6) is 1.00. The van der Waals surface area contributed by atoms with Crippen LogP contribution in [0.5, 0.6) is 0 Å². The van der Waals surface area contributed by atoms with E-state index in [1.165, 1.54) is 6.26 Å². The van der Waals surface area contributed by atoms with Crippen molar-refractivity contribution in [2.45, 2.75) is 43.9 Å². The number of aryl methyl sites for hydroxylation is 1. The number of aromatic nitrogens is 2. The molecule has 2 rings (SSSR count). The molecular weight excluding hydrogens is 366 g/mol. The van der Waals surface area contributed by atoms with Gasteiger partial charge in [-0.2, -0.15) is 5.10 Å². The van der Waals surface area contributed by atoms with Crippen molar-refractivity contribution >= 4 is 15.8 Å². The number of nitrogens with one attached hydrogen (secondary N) is 1. The third-order valence-electron chi connectivity index (χ3n) is 5.22. The first-order valence-corrected chi connectivity index (χ1v) is 11.2. The van der Waals surface area contributed by atoms with Gasteiger partial charge in [0.1, 0.15) is 0 Å². The number of nitrogens with zero attached hydrogens (tertiary/aromatic N) is 4. The summed E-state index contributed by atoms with van der Waals surface area (Å²) in [6.45, 7) is 6.17. The Morgan fingerprint density at radius 2 is 2.07 bits per heavy atom. The van der Waals surface area contributed by atoms with Crippen molar-refractivity contribution in [2.75, 3.05) is 40.1 Å². The Labute approximate surface area is 162 Å². The van der Waals surface area contributed by atoms with Gasteiger partial charge >= 0.3 is 0 Å². The standard InChI is InChI=1S/C18H33N5O3S/c1-14(2)16-15(12-23(5)21-16)11-22(4)17(19-3)20-13-18(27(6,24)25)7-9-26-10-8-18/h12,14H,7-11,13H2,1-6H3,(H,19,20). The topological polar surface area (TPSA) is 88.8 Å². The van der Waals surface area contributed by atoms with E-state index >= 15 is 0 Å². The molecule has 27 heavy (non-hydrogen) atoms. The third-order valence-corrected chi connectivity index (χ3v) is 7.35. The zero-order chi connectivity index (χ0) is 20.2. The second-order valence-electron chi connectivity index (χ2n) is 7.69. The van der Waals surface area contributed by atoms with Gasteiger partial charge in [0.05, 0.1) is 10.4 Å². The zero-order valence-electron chi connectivity index (χ0n) is 17.3. The van der Waals surface area contributed by atoms with Gasteiger partial charge in [-0.25, -0.2) is 8.42 Å². The van der Waals surface area contributed by atoms with Crippen LogP contribution in [0, 0.1) is 0 Å². The van der Waals surface area contributed by atoms with Crippen LogP contribution in [0.4, 0.5) is 0 Å². The van der Waals surface area contributed by atoms with Gasteiger partial charge in [-0.3, -0.25) is 9.67 Å². The SMILES string of the molecule is CN=C(NCC1(S(C)(=O)=O)CCOCC1)N(C)Cc1cn(C)nc1C(C)C. The Morgan fingerprint density at radius 3 is 2.59 bits per heavy atom. The molecule has 0 bridgehead atoms. The molecular formula is C18H33N5O3S. The maximum Gasteiger partial charge on any atom is 0.193 e. The summed E-state index contributed by atoms with van der Waals surface area (Å²) in [7, 11) is 2.36. The molecule has 0 radical (unpaired) electrons. The number of rotatable bonds is 6. The first-order chi connectivity index (χ1) is 12.6. The zero-order valence-corrected chi connectivity index (χ0v) is 18.1. The summed E-state index contributed by atoms with van der Waals surface area (Å²) in [6.07, 6.45) is 4.34. The van der Waals surface area contributed by atoms with Crippen molar-refractivity contribution in [1.82, 2.24) is 20.0 Å². The molecule has 8 nitrogen and oxygen atoms in total. The van der Waals surface area contributed by atoms with E-state index in [0.29, 0.717) is 51.0 Å². The maximum absolute atomic E-state index is 12.4. The van der Waals surface area contributed by atoms with Crippen molar-refractivity contribution < 1.29 is 13.2 Å². The molecule has 0 atom stereocenters. The highest BCUT2D eigenvalue weighted by molar-refractivity contribution is 7.92. The van der Waals surface area contributed by atoms with Crippen molar-refractivity contribution in [1.29, 1.82) is 0 Å². The van der Waals surface area contributed by atoms with Gasteiger partial charge < -0.3 is 15.0 Å². The number of sulfone groups is 1. The van der Waals surface area contributed by atoms with E-state index in [1.54, 1.807) is 7.05 Å². The predicted molar refractivity (Wildman–Crippen MR) is 108 cm³/mol. The number of guanidine groups is 1. The fourth-order valence-electron chi connectivity index (χ4n) is 3.54. The predicted octanol–water partition coefficient (Wildman–Crippen LogP) is 1.14. The molecule has 1 fully saturated rings. The number of ether oxygens (including phenoxy) is 1. The molecule has 1 aromatic heterocycles. The Balaban J connectivity index is 2.10. The quantitative estimate of drug-likeness (QED) is 0.570. The van der Waals surface area contributed by atoms with Crippen LogP contribution in [0.25, 0.3) is 0 Å². The molecule has 1 aromatic rings. The Bertz CT molecular complexity index is 764. The van der Waals surface area contributed by atoms with Crippen LogP contribution in [-0.2, 0) is 28.2 Å². The summed E-state index contributed by atoms with van der Waals surface area (Å²) in [5, 5.41) is 7.82. The van der Waals surface area contributed by atoms with Crippen molar-refractivity contribution in [3.05, 3.63) is 17.5 Å². The molecule has 2 heterocycles. The lowest BCUT2D eigenvalue weighted by Gasteiger charge is -2.36.